The van der Waals surface area contributed by atoms with E-state index in [-0.39, 0.29) is 19.2 Å². The highest BCUT2D eigenvalue weighted by molar-refractivity contribution is 7.89. The number of ether oxygens (including phenoxy) is 2. The van der Waals surface area contributed by atoms with Crippen molar-refractivity contribution in [3.05, 3.63) is 89.5 Å². The van der Waals surface area contributed by atoms with E-state index in [0.717, 1.165) is 47.8 Å². The summed E-state index contributed by atoms with van der Waals surface area (Å²) in [7, 11) is -3.72. The molecule has 2 heterocycles. The molecule has 202 valence electrons. The Morgan fingerprint density at radius 2 is 1.61 bits per heavy atom. The van der Waals surface area contributed by atoms with Gasteiger partial charge in [0.05, 0.1) is 10.9 Å². The first-order valence-electron chi connectivity index (χ1n) is 13.7. The van der Waals surface area contributed by atoms with Crippen molar-refractivity contribution in [2.24, 2.45) is 0 Å². The minimum Gasteiger partial charge on any atom is -0.492 e. The van der Waals surface area contributed by atoms with Crippen LogP contribution in [0.15, 0.2) is 77.7 Å². The highest BCUT2D eigenvalue weighted by Gasteiger charge is 2.35. The Morgan fingerprint density at radius 3 is 2.34 bits per heavy atom. The summed E-state index contributed by atoms with van der Waals surface area (Å²) >= 11 is 0. The average molecular weight is 535 g/mol. The molecule has 0 N–H and O–H groups in total. The largest absolute Gasteiger partial charge is 0.492 e. The van der Waals surface area contributed by atoms with Gasteiger partial charge in [-0.25, -0.2) is 8.42 Å². The Bertz CT molecular complexity index is 1280. The molecule has 0 saturated carbocycles. The van der Waals surface area contributed by atoms with Crippen molar-refractivity contribution in [1.82, 2.24) is 9.21 Å². The lowest BCUT2D eigenvalue weighted by atomic mass is 10.1. The molecule has 38 heavy (non-hydrogen) atoms. The molecule has 2 aliphatic rings. The van der Waals surface area contributed by atoms with Crippen molar-refractivity contribution in [2.45, 2.75) is 56.5 Å². The van der Waals surface area contributed by atoms with E-state index in [9.17, 15) is 8.42 Å². The van der Waals surface area contributed by atoms with Crippen LogP contribution in [0.3, 0.4) is 0 Å². The summed E-state index contributed by atoms with van der Waals surface area (Å²) in [4.78, 5) is 2.80. The van der Waals surface area contributed by atoms with E-state index in [4.69, 9.17) is 9.47 Å². The lowest BCUT2D eigenvalue weighted by molar-refractivity contribution is 0.213. The topological polar surface area (TPSA) is 59.1 Å². The van der Waals surface area contributed by atoms with Crippen LogP contribution in [0.2, 0.25) is 0 Å². The number of nitrogens with zero attached hydrogens (tertiary/aromatic N) is 2. The van der Waals surface area contributed by atoms with Crippen LogP contribution in [-0.4, -0.2) is 56.5 Å². The number of likely N-dealkylation sites (tertiary alicyclic amines) is 1. The Labute approximate surface area is 227 Å². The molecule has 0 aliphatic carbocycles. The third-order valence-electron chi connectivity index (χ3n) is 7.53. The van der Waals surface area contributed by atoms with Gasteiger partial charge in [0.15, 0.2) is 0 Å². The molecule has 2 aliphatic heterocycles. The van der Waals surface area contributed by atoms with E-state index >= 15 is 0 Å². The zero-order valence-electron chi connectivity index (χ0n) is 22.2. The number of para-hydroxylation sites is 1. The van der Waals surface area contributed by atoms with Crippen LogP contribution in [0.1, 0.15) is 42.4 Å². The quantitative estimate of drug-likeness (QED) is 0.385. The summed E-state index contributed by atoms with van der Waals surface area (Å²) in [5, 5.41) is 0. The van der Waals surface area contributed by atoms with Gasteiger partial charge in [0.1, 0.15) is 24.7 Å². The van der Waals surface area contributed by atoms with Gasteiger partial charge in [0, 0.05) is 18.7 Å². The third kappa shape index (κ3) is 6.57. The number of hydrogen-bond acceptors (Lipinski definition) is 5. The van der Waals surface area contributed by atoms with Crippen LogP contribution < -0.4 is 9.47 Å². The predicted molar refractivity (Wildman–Crippen MR) is 150 cm³/mol. The van der Waals surface area contributed by atoms with Gasteiger partial charge in [-0.05, 0) is 75.2 Å². The van der Waals surface area contributed by atoms with E-state index in [2.05, 4.69) is 4.90 Å². The van der Waals surface area contributed by atoms with Crippen LogP contribution >= 0.6 is 0 Å². The molecule has 3 aromatic carbocycles. The van der Waals surface area contributed by atoms with Gasteiger partial charge in [-0.2, -0.15) is 4.31 Å². The average Bonchev–Trinajstić information content (AvgIpc) is 3.30. The van der Waals surface area contributed by atoms with Crippen molar-refractivity contribution < 1.29 is 17.9 Å². The second-order valence-corrected chi connectivity index (χ2v) is 12.3. The molecule has 0 aromatic heterocycles. The van der Waals surface area contributed by atoms with Gasteiger partial charge >= 0.3 is 0 Å². The summed E-state index contributed by atoms with van der Waals surface area (Å²) in [6.45, 7) is 6.47. The number of hydrogen-bond donors (Lipinski definition) is 0. The van der Waals surface area contributed by atoms with E-state index in [1.54, 1.807) is 16.4 Å². The molecular formula is C31H38N2O4S. The Balaban J connectivity index is 1.29. The zero-order chi connectivity index (χ0) is 26.4. The van der Waals surface area contributed by atoms with Crippen molar-refractivity contribution in [3.63, 3.8) is 0 Å². The molecule has 0 bridgehead atoms. The summed E-state index contributed by atoms with van der Waals surface area (Å²) in [5.41, 5.74) is 2.95. The number of aryl methyl sites for hydroxylation is 1. The second kappa shape index (κ2) is 12.3. The van der Waals surface area contributed by atoms with Crippen molar-refractivity contribution in [2.75, 3.05) is 32.8 Å². The number of sulfonamides is 1. The van der Waals surface area contributed by atoms with Crippen LogP contribution in [0.5, 0.6) is 11.5 Å². The molecule has 0 spiro atoms. The van der Waals surface area contributed by atoms with E-state index in [0.29, 0.717) is 17.9 Å². The zero-order valence-corrected chi connectivity index (χ0v) is 23.0. The molecular weight excluding hydrogens is 496 g/mol. The standard InChI is InChI=1S/C31H38N2O4S/c1-25-10-16-30(17-11-25)38(34,35)33-23-27-8-4-5-9-31(27)37-24-28(33)22-26-12-14-29(15-13-26)36-21-20-32-18-6-2-3-7-19-32/h4-5,8-17,28H,2-3,6-7,18-24H2,1H3/t28-/m0/s1. The maximum absolute atomic E-state index is 13.8. The SMILES string of the molecule is Cc1ccc(S(=O)(=O)N2Cc3ccccc3OC[C@@H]2Cc2ccc(OCCN3CCCCCC3)cc2)cc1. The van der Waals surface area contributed by atoms with Crippen LogP contribution in [-0.2, 0) is 23.0 Å². The minimum atomic E-state index is -3.72. The molecule has 3 aromatic rings. The number of fused-ring (bicyclic) bond motifs is 1. The first kappa shape index (κ1) is 26.7. The maximum atomic E-state index is 13.8. The summed E-state index contributed by atoms with van der Waals surface area (Å²) in [6.07, 6.45) is 5.77. The van der Waals surface area contributed by atoms with Crippen LogP contribution in [0.4, 0.5) is 0 Å². The third-order valence-corrected chi connectivity index (χ3v) is 9.45. The van der Waals surface area contributed by atoms with Gasteiger partial charge in [-0.3, -0.25) is 4.90 Å². The maximum Gasteiger partial charge on any atom is 0.243 e. The fourth-order valence-corrected chi connectivity index (χ4v) is 6.86. The van der Waals surface area contributed by atoms with Crippen molar-refractivity contribution in [1.29, 1.82) is 0 Å². The van der Waals surface area contributed by atoms with E-state index in [1.807, 2.05) is 67.6 Å². The normalized spacial score (nSPS) is 19.1. The molecule has 5 rings (SSSR count). The van der Waals surface area contributed by atoms with Gasteiger partial charge in [-0.15, -0.1) is 0 Å². The smallest absolute Gasteiger partial charge is 0.243 e. The van der Waals surface area contributed by atoms with E-state index in [1.165, 1.54) is 25.7 Å². The van der Waals surface area contributed by atoms with Crippen molar-refractivity contribution in [3.8, 4) is 11.5 Å². The monoisotopic (exact) mass is 534 g/mol. The van der Waals surface area contributed by atoms with Gasteiger partial charge in [0.25, 0.3) is 0 Å². The molecule has 1 saturated heterocycles. The molecule has 1 fully saturated rings. The summed E-state index contributed by atoms with van der Waals surface area (Å²) in [5.74, 6) is 1.59. The van der Waals surface area contributed by atoms with E-state index < -0.39 is 10.0 Å². The van der Waals surface area contributed by atoms with Crippen LogP contribution in [0, 0.1) is 6.92 Å². The summed E-state index contributed by atoms with van der Waals surface area (Å²) < 4.78 is 41.4. The Kier molecular flexibility index (Phi) is 8.67. The predicted octanol–water partition coefficient (Wildman–Crippen LogP) is 5.44. The molecule has 0 amide bonds. The fraction of sp³-hybridized carbons (Fsp3) is 0.419. The molecule has 0 unspecified atom stereocenters. The second-order valence-electron chi connectivity index (χ2n) is 10.4. The first-order valence-corrected chi connectivity index (χ1v) is 15.2. The minimum absolute atomic E-state index is 0.273. The molecule has 1 atom stereocenters. The summed E-state index contributed by atoms with van der Waals surface area (Å²) in [6, 6.07) is 22.5. The molecule has 6 nitrogen and oxygen atoms in total. The molecule has 0 radical (unpaired) electrons. The van der Waals surface area contributed by atoms with Gasteiger partial charge < -0.3 is 9.47 Å². The molecule has 7 heteroatoms. The highest BCUT2D eigenvalue weighted by atomic mass is 32.2. The lowest BCUT2D eigenvalue weighted by Gasteiger charge is -2.28. The van der Waals surface area contributed by atoms with Gasteiger partial charge in [-0.1, -0.05) is 60.9 Å². The lowest BCUT2D eigenvalue weighted by Crippen LogP contribution is -2.43. The number of benzene rings is 3. The number of rotatable bonds is 8. The van der Waals surface area contributed by atoms with Crippen molar-refractivity contribution >= 4 is 10.0 Å². The van der Waals surface area contributed by atoms with Crippen LogP contribution in [0.25, 0.3) is 0 Å². The Hall–Kier alpha value is -2.87. The fourth-order valence-electron chi connectivity index (χ4n) is 5.28. The van der Waals surface area contributed by atoms with Gasteiger partial charge in [0.2, 0.25) is 10.0 Å². The first-order chi connectivity index (χ1) is 18.5. The highest BCUT2D eigenvalue weighted by Crippen LogP contribution is 2.31. The Morgan fingerprint density at radius 1 is 0.895 bits per heavy atom.